The molecule has 3 rings (SSSR count). The Morgan fingerprint density at radius 3 is 2.56 bits per heavy atom. The average Bonchev–Trinajstić information content (AvgIpc) is 3.17. The number of carbonyl (C=O) groups excluding carboxylic acids is 2. The molecule has 0 radical (unpaired) electrons. The minimum absolute atomic E-state index is 0.0713. The summed E-state index contributed by atoms with van der Waals surface area (Å²) in [7, 11) is 0. The largest absolute Gasteiger partial charge is 0.355 e. The summed E-state index contributed by atoms with van der Waals surface area (Å²) in [6.45, 7) is 7.41. The van der Waals surface area contributed by atoms with Gasteiger partial charge in [0.05, 0.1) is 0 Å². The average molecular weight is 373 g/mol. The van der Waals surface area contributed by atoms with Crippen molar-refractivity contribution < 1.29 is 9.59 Å². The second-order valence-electron chi connectivity index (χ2n) is 7.85. The molecule has 3 amide bonds. The summed E-state index contributed by atoms with van der Waals surface area (Å²) in [5.41, 5.74) is 1.98. The second-order valence-corrected chi connectivity index (χ2v) is 7.85. The van der Waals surface area contributed by atoms with Crippen molar-refractivity contribution in [2.45, 2.75) is 39.0 Å². The Morgan fingerprint density at radius 1 is 1.07 bits per heavy atom. The van der Waals surface area contributed by atoms with Crippen molar-refractivity contribution in [1.29, 1.82) is 0 Å². The number of carbonyl (C=O) groups is 2. The van der Waals surface area contributed by atoms with Crippen LogP contribution in [0, 0.1) is 12.8 Å². The smallest absolute Gasteiger partial charge is 0.321 e. The number of rotatable bonds is 6. The van der Waals surface area contributed by atoms with E-state index in [-0.39, 0.29) is 17.9 Å². The van der Waals surface area contributed by atoms with Crippen LogP contribution in [-0.4, -0.2) is 61.0 Å². The van der Waals surface area contributed by atoms with Crippen LogP contribution in [0.2, 0.25) is 0 Å². The highest BCUT2D eigenvalue weighted by Gasteiger charge is 2.25. The van der Waals surface area contributed by atoms with Crippen molar-refractivity contribution in [3.05, 3.63) is 29.8 Å². The monoisotopic (exact) mass is 372 g/mol. The van der Waals surface area contributed by atoms with E-state index in [1.165, 1.54) is 18.4 Å². The fourth-order valence-electron chi connectivity index (χ4n) is 3.95. The molecule has 2 heterocycles. The summed E-state index contributed by atoms with van der Waals surface area (Å²) >= 11 is 0. The van der Waals surface area contributed by atoms with E-state index in [1.54, 1.807) is 0 Å². The van der Waals surface area contributed by atoms with E-state index in [2.05, 4.69) is 15.5 Å². The quantitative estimate of drug-likeness (QED) is 0.807. The van der Waals surface area contributed by atoms with Crippen molar-refractivity contribution in [2.75, 3.05) is 44.6 Å². The van der Waals surface area contributed by atoms with Gasteiger partial charge in [-0.15, -0.1) is 0 Å². The molecule has 2 aliphatic rings. The molecule has 148 valence electrons. The number of likely N-dealkylation sites (tertiary alicyclic amines) is 2. The maximum atomic E-state index is 12.5. The molecule has 0 aromatic heterocycles. The van der Waals surface area contributed by atoms with Crippen molar-refractivity contribution >= 4 is 17.6 Å². The Labute approximate surface area is 162 Å². The first-order valence-electron chi connectivity index (χ1n) is 10.2. The second kappa shape index (κ2) is 9.74. The summed E-state index contributed by atoms with van der Waals surface area (Å²) in [4.78, 5) is 29.0. The highest BCUT2D eigenvalue weighted by Crippen LogP contribution is 2.20. The lowest BCUT2D eigenvalue weighted by Gasteiger charge is -2.32. The lowest BCUT2D eigenvalue weighted by molar-refractivity contribution is -0.122. The first-order chi connectivity index (χ1) is 13.1. The molecule has 1 unspecified atom stereocenters. The van der Waals surface area contributed by atoms with Crippen molar-refractivity contribution in [3.8, 4) is 0 Å². The number of hydrogen-bond acceptors (Lipinski definition) is 3. The van der Waals surface area contributed by atoms with Gasteiger partial charge in [-0.1, -0.05) is 17.7 Å². The number of nitrogens with zero attached hydrogens (tertiary/aromatic N) is 2. The summed E-state index contributed by atoms with van der Waals surface area (Å²) < 4.78 is 0. The topological polar surface area (TPSA) is 64.7 Å². The van der Waals surface area contributed by atoms with Gasteiger partial charge in [0.2, 0.25) is 5.91 Å². The molecule has 6 heteroatoms. The molecule has 1 atom stereocenters. The number of aryl methyl sites for hydroxylation is 1. The van der Waals surface area contributed by atoms with E-state index in [0.29, 0.717) is 13.0 Å². The first kappa shape index (κ1) is 19.7. The predicted octanol–water partition coefficient (Wildman–Crippen LogP) is 2.84. The molecule has 0 spiro atoms. The van der Waals surface area contributed by atoms with Gasteiger partial charge in [-0.3, -0.25) is 4.79 Å². The zero-order valence-corrected chi connectivity index (χ0v) is 16.4. The summed E-state index contributed by atoms with van der Waals surface area (Å²) in [6.07, 6.45) is 5.02. The molecule has 0 bridgehead atoms. The molecule has 2 fully saturated rings. The van der Waals surface area contributed by atoms with Crippen LogP contribution in [-0.2, 0) is 4.79 Å². The van der Waals surface area contributed by atoms with Crippen molar-refractivity contribution in [2.24, 2.45) is 5.92 Å². The van der Waals surface area contributed by atoms with Gasteiger partial charge >= 0.3 is 6.03 Å². The van der Waals surface area contributed by atoms with Crippen LogP contribution < -0.4 is 10.6 Å². The van der Waals surface area contributed by atoms with E-state index >= 15 is 0 Å². The number of piperidine rings is 1. The summed E-state index contributed by atoms with van der Waals surface area (Å²) in [6, 6.07) is 7.74. The first-order valence-corrected chi connectivity index (χ1v) is 10.2. The normalized spacial score (nSPS) is 20.5. The Kier molecular flexibility index (Phi) is 7.10. The molecule has 27 heavy (non-hydrogen) atoms. The molecule has 6 nitrogen and oxygen atoms in total. The van der Waals surface area contributed by atoms with Crippen LogP contribution in [0.15, 0.2) is 24.3 Å². The number of hydrogen-bond donors (Lipinski definition) is 2. The molecular formula is C21H32N4O2. The summed E-state index contributed by atoms with van der Waals surface area (Å²) in [5.74, 6) is 0.356. The fourth-order valence-corrected chi connectivity index (χ4v) is 3.95. The van der Waals surface area contributed by atoms with Crippen LogP contribution in [0.4, 0.5) is 10.5 Å². The zero-order chi connectivity index (χ0) is 19.1. The third kappa shape index (κ3) is 6.24. The van der Waals surface area contributed by atoms with Crippen LogP contribution in [0.5, 0.6) is 0 Å². The maximum absolute atomic E-state index is 12.5. The molecule has 0 saturated carbocycles. The molecule has 0 aliphatic carbocycles. The van der Waals surface area contributed by atoms with E-state index in [0.717, 1.165) is 51.3 Å². The van der Waals surface area contributed by atoms with Gasteiger partial charge in [-0.25, -0.2) is 4.79 Å². The highest BCUT2D eigenvalue weighted by atomic mass is 16.2. The fraction of sp³-hybridized carbons (Fsp3) is 0.619. The molecule has 2 aliphatic heterocycles. The SMILES string of the molecule is Cc1ccc(NC(=O)N2CCCC(CC(=O)NCCN3CCCC3)C2)cc1. The Hall–Kier alpha value is -2.08. The van der Waals surface area contributed by atoms with Crippen molar-refractivity contribution in [3.63, 3.8) is 0 Å². The van der Waals surface area contributed by atoms with Gasteiger partial charge in [0, 0.05) is 38.3 Å². The minimum atomic E-state index is -0.0713. The molecular weight excluding hydrogens is 340 g/mol. The van der Waals surface area contributed by atoms with E-state index in [1.807, 2.05) is 36.1 Å². The van der Waals surface area contributed by atoms with Crippen LogP contribution in [0.25, 0.3) is 0 Å². The number of urea groups is 1. The maximum Gasteiger partial charge on any atom is 0.321 e. The van der Waals surface area contributed by atoms with Crippen LogP contribution >= 0.6 is 0 Å². The molecule has 1 aromatic carbocycles. The third-order valence-electron chi connectivity index (χ3n) is 5.53. The number of amides is 3. The zero-order valence-electron chi connectivity index (χ0n) is 16.4. The van der Waals surface area contributed by atoms with Crippen LogP contribution in [0.3, 0.4) is 0 Å². The Balaban J connectivity index is 1.39. The third-order valence-corrected chi connectivity index (χ3v) is 5.53. The van der Waals surface area contributed by atoms with Crippen molar-refractivity contribution in [1.82, 2.24) is 15.1 Å². The number of nitrogens with one attached hydrogen (secondary N) is 2. The van der Waals surface area contributed by atoms with Gasteiger partial charge in [0.25, 0.3) is 0 Å². The minimum Gasteiger partial charge on any atom is -0.355 e. The van der Waals surface area contributed by atoms with Crippen LogP contribution in [0.1, 0.15) is 37.7 Å². The van der Waals surface area contributed by atoms with E-state index < -0.39 is 0 Å². The summed E-state index contributed by atoms with van der Waals surface area (Å²) in [5, 5.41) is 6.01. The van der Waals surface area contributed by atoms with E-state index in [4.69, 9.17) is 0 Å². The molecule has 1 aromatic rings. The lowest BCUT2D eigenvalue weighted by atomic mass is 9.94. The molecule has 2 saturated heterocycles. The van der Waals surface area contributed by atoms with Gasteiger partial charge in [0.1, 0.15) is 0 Å². The predicted molar refractivity (Wildman–Crippen MR) is 108 cm³/mol. The van der Waals surface area contributed by atoms with Gasteiger partial charge in [-0.05, 0) is 63.7 Å². The van der Waals surface area contributed by atoms with Gasteiger partial charge in [-0.2, -0.15) is 0 Å². The number of anilines is 1. The number of benzene rings is 1. The van der Waals surface area contributed by atoms with Gasteiger partial charge in [0.15, 0.2) is 0 Å². The van der Waals surface area contributed by atoms with E-state index in [9.17, 15) is 9.59 Å². The van der Waals surface area contributed by atoms with Gasteiger partial charge < -0.3 is 20.4 Å². The highest BCUT2D eigenvalue weighted by molar-refractivity contribution is 5.89. The Bertz CT molecular complexity index is 626. The molecule has 2 N–H and O–H groups in total. The lowest BCUT2D eigenvalue weighted by Crippen LogP contribution is -2.43. The standard InChI is InChI=1S/C21H32N4O2/c1-17-6-8-19(9-7-17)23-21(27)25-13-4-5-18(16-25)15-20(26)22-10-14-24-11-2-3-12-24/h6-9,18H,2-5,10-16H2,1H3,(H,22,26)(H,23,27). The Morgan fingerprint density at radius 2 is 1.81 bits per heavy atom.